The van der Waals surface area contributed by atoms with Gasteiger partial charge in [0, 0.05) is 50.6 Å². The first-order valence-corrected chi connectivity index (χ1v) is 8.99. The van der Waals surface area contributed by atoms with Crippen LogP contribution < -0.4 is 15.5 Å². The molecule has 6 nitrogen and oxygen atoms in total. The highest BCUT2D eigenvalue weighted by Gasteiger charge is 2.18. The fourth-order valence-corrected chi connectivity index (χ4v) is 3.00. The Labute approximate surface area is 158 Å². The minimum absolute atomic E-state index is 0.232. The Morgan fingerprint density at radius 1 is 0.889 bits per heavy atom. The molecule has 2 N–H and O–H groups in total. The summed E-state index contributed by atoms with van der Waals surface area (Å²) < 4.78 is 13.0. The zero-order chi connectivity index (χ0) is 19.1. The number of hydrogen-bond donors (Lipinski definition) is 2. The molecule has 142 valence electrons. The van der Waals surface area contributed by atoms with Gasteiger partial charge >= 0.3 is 11.8 Å². The minimum Gasteiger partial charge on any atom is -0.369 e. The zero-order valence-corrected chi connectivity index (χ0v) is 15.0. The van der Waals surface area contributed by atoms with Crippen LogP contribution in [0, 0.1) is 5.82 Å². The maximum Gasteiger partial charge on any atom is 0.313 e. The van der Waals surface area contributed by atoms with Crippen LogP contribution in [0.2, 0.25) is 0 Å². The molecule has 0 aliphatic carbocycles. The summed E-state index contributed by atoms with van der Waals surface area (Å²) >= 11 is 0. The molecule has 0 unspecified atom stereocenters. The number of nitrogens with one attached hydrogen (secondary N) is 2. The molecule has 2 aromatic rings. The molecule has 2 amide bonds. The van der Waals surface area contributed by atoms with Crippen LogP contribution in [-0.4, -0.2) is 56.0 Å². The highest BCUT2D eigenvalue weighted by Crippen LogP contribution is 2.16. The van der Waals surface area contributed by atoms with E-state index in [1.807, 2.05) is 6.07 Å². The molecule has 1 aliphatic rings. The van der Waals surface area contributed by atoms with E-state index in [2.05, 4.69) is 20.4 Å². The Morgan fingerprint density at radius 3 is 2.22 bits per heavy atom. The van der Waals surface area contributed by atoms with Gasteiger partial charge in [0.25, 0.3) is 0 Å². The Bertz CT molecular complexity index is 759. The van der Waals surface area contributed by atoms with Gasteiger partial charge in [0.1, 0.15) is 5.82 Å². The number of para-hydroxylation sites is 1. The second-order valence-corrected chi connectivity index (χ2v) is 6.38. The largest absolute Gasteiger partial charge is 0.369 e. The normalized spacial score (nSPS) is 14.6. The first-order valence-electron chi connectivity index (χ1n) is 8.99. The lowest BCUT2D eigenvalue weighted by Gasteiger charge is -2.36. The predicted molar refractivity (Wildman–Crippen MR) is 103 cm³/mol. The Kier molecular flexibility index (Phi) is 6.38. The number of piperazine rings is 1. The predicted octanol–water partition coefficient (Wildman–Crippen LogP) is 1.70. The third kappa shape index (κ3) is 5.52. The van der Waals surface area contributed by atoms with Crippen molar-refractivity contribution in [3.63, 3.8) is 0 Å². The van der Waals surface area contributed by atoms with Gasteiger partial charge in [0.2, 0.25) is 0 Å². The number of anilines is 2. The molecule has 7 heteroatoms. The lowest BCUT2D eigenvalue weighted by molar-refractivity contribution is -0.136. The van der Waals surface area contributed by atoms with E-state index in [0.29, 0.717) is 18.8 Å². The third-order valence-electron chi connectivity index (χ3n) is 4.52. The molecular formula is C20H23FN4O2. The molecule has 2 aromatic carbocycles. The molecule has 1 fully saturated rings. The maximum absolute atomic E-state index is 13.0. The molecule has 1 heterocycles. The van der Waals surface area contributed by atoms with Gasteiger partial charge in [0.05, 0.1) is 0 Å². The van der Waals surface area contributed by atoms with Gasteiger partial charge in [-0.25, -0.2) is 4.39 Å². The van der Waals surface area contributed by atoms with E-state index in [1.54, 1.807) is 36.4 Å². The smallest absolute Gasteiger partial charge is 0.313 e. The number of benzene rings is 2. The summed E-state index contributed by atoms with van der Waals surface area (Å²) in [6.07, 6.45) is 0. The van der Waals surface area contributed by atoms with E-state index < -0.39 is 11.8 Å². The van der Waals surface area contributed by atoms with E-state index >= 15 is 0 Å². The summed E-state index contributed by atoms with van der Waals surface area (Å²) in [5.41, 5.74) is 1.61. The number of nitrogens with zero attached hydrogens (tertiary/aromatic N) is 2. The van der Waals surface area contributed by atoms with Gasteiger partial charge < -0.3 is 15.5 Å². The molecule has 3 rings (SSSR count). The first-order chi connectivity index (χ1) is 13.1. The van der Waals surface area contributed by atoms with Crippen molar-refractivity contribution in [1.82, 2.24) is 10.2 Å². The molecule has 1 aliphatic heterocycles. The number of hydrogen-bond acceptors (Lipinski definition) is 4. The monoisotopic (exact) mass is 370 g/mol. The summed E-state index contributed by atoms with van der Waals surface area (Å²) in [7, 11) is 0. The zero-order valence-electron chi connectivity index (χ0n) is 15.0. The number of amides is 2. The fourth-order valence-electron chi connectivity index (χ4n) is 3.00. The SMILES string of the molecule is O=C(NCCN1CCN(c2ccc(F)cc2)CC1)C(=O)Nc1ccccc1. The minimum atomic E-state index is -0.665. The number of halogens is 1. The van der Waals surface area contributed by atoms with Gasteiger partial charge in [-0.1, -0.05) is 18.2 Å². The lowest BCUT2D eigenvalue weighted by Crippen LogP contribution is -2.49. The van der Waals surface area contributed by atoms with Crippen LogP contribution in [0.4, 0.5) is 15.8 Å². The van der Waals surface area contributed by atoms with Crippen molar-refractivity contribution in [1.29, 1.82) is 0 Å². The van der Waals surface area contributed by atoms with Crippen LogP contribution in [0.3, 0.4) is 0 Å². The highest BCUT2D eigenvalue weighted by molar-refractivity contribution is 6.39. The molecule has 27 heavy (non-hydrogen) atoms. The summed E-state index contributed by atoms with van der Waals surface area (Å²) in [5.74, 6) is -1.53. The van der Waals surface area contributed by atoms with Crippen LogP contribution in [0.25, 0.3) is 0 Å². The molecule has 0 atom stereocenters. The van der Waals surface area contributed by atoms with Gasteiger partial charge in [-0.2, -0.15) is 0 Å². The van der Waals surface area contributed by atoms with Gasteiger partial charge in [0.15, 0.2) is 0 Å². The van der Waals surface area contributed by atoms with Crippen molar-refractivity contribution in [2.75, 3.05) is 49.5 Å². The molecule has 0 bridgehead atoms. The fraction of sp³-hybridized carbons (Fsp3) is 0.300. The van der Waals surface area contributed by atoms with E-state index in [1.165, 1.54) is 12.1 Å². The quantitative estimate of drug-likeness (QED) is 0.787. The van der Waals surface area contributed by atoms with Gasteiger partial charge in [-0.3, -0.25) is 14.5 Å². The van der Waals surface area contributed by atoms with Gasteiger partial charge in [-0.05, 0) is 36.4 Å². The van der Waals surface area contributed by atoms with Crippen molar-refractivity contribution >= 4 is 23.2 Å². The summed E-state index contributed by atoms with van der Waals surface area (Å²) in [6.45, 7) is 4.48. The number of rotatable bonds is 5. The molecular weight excluding hydrogens is 347 g/mol. The van der Waals surface area contributed by atoms with Crippen LogP contribution in [0.5, 0.6) is 0 Å². The standard InChI is InChI=1S/C20H23FN4O2/c21-16-6-8-18(9-7-16)25-14-12-24(13-15-25)11-10-22-19(26)20(27)23-17-4-2-1-3-5-17/h1-9H,10-15H2,(H,22,26)(H,23,27). The summed E-state index contributed by atoms with van der Waals surface area (Å²) in [6, 6.07) is 15.4. The van der Waals surface area contributed by atoms with Crippen LogP contribution >= 0.6 is 0 Å². The third-order valence-corrected chi connectivity index (χ3v) is 4.52. The topological polar surface area (TPSA) is 64.7 Å². The Balaban J connectivity index is 1.35. The van der Waals surface area contributed by atoms with Crippen molar-refractivity contribution in [2.24, 2.45) is 0 Å². The number of carbonyl (C=O) groups excluding carboxylic acids is 2. The van der Waals surface area contributed by atoms with Crippen molar-refractivity contribution in [3.8, 4) is 0 Å². The van der Waals surface area contributed by atoms with Crippen molar-refractivity contribution in [3.05, 3.63) is 60.4 Å². The van der Waals surface area contributed by atoms with E-state index in [9.17, 15) is 14.0 Å². The second kappa shape index (κ2) is 9.14. The molecule has 0 spiro atoms. The number of carbonyl (C=O) groups is 2. The van der Waals surface area contributed by atoms with Gasteiger partial charge in [-0.15, -0.1) is 0 Å². The van der Waals surface area contributed by atoms with E-state index in [4.69, 9.17) is 0 Å². The van der Waals surface area contributed by atoms with Crippen LogP contribution in [-0.2, 0) is 9.59 Å². The Hall–Kier alpha value is -2.93. The summed E-state index contributed by atoms with van der Waals surface area (Å²) in [5, 5.41) is 5.21. The Morgan fingerprint density at radius 2 is 1.56 bits per heavy atom. The molecule has 1 saturated heterocycles. The molecule has 0 saturated carbocycles. The van der Waals surface area contributed by atoms with E-state index in [-0.39, 0.29) is 5.82 Å². The molecule has 0 radical (unpaired) electrons. The van der Waals surface area contributed by atoms with Crippen molar-refractivity contribution in [2.45, 2.75) is 0 Å². The van der Waals surface area contributed by atoms with E-state index in [0.717, 1.165) is 31.9 Å². The summed E-state index contributed by atoms with van der Waals surface area (Å²) in [4.78, 5) is 28.2. The average Bonchev–Trinajstić information content (AvgIpc) is 2.70. The maximum atomic E-state index is 13.0. The lowest BCUT2D eigenvalue weighted by atomic mass is 10.2. The van der Waals surface area contributed by atoms with Crippen LogP contribution in [0.15, 0.2) is 54.6 Å². The average molecular weight is 370 g/mol. The second-order valence-electron chi connectivity index (χ2n) is 6.38. The highest BCUT2D eigenvalue weighted by atomic mass is 19.1. The van der Waals surface area contributed by atoms with Crippen molar-refractivity contribution < 1.29 is 14.0 Å². The first kappa shape index (κ1) is 18.8. The van der Waals surface area contributed by atoms with Crippen LogP contribution in [0.1, 0.15) is 0 Å². The molecule has 0 aromatic heterocycles.